The third-order valence-corrected chi connectivity index (χ3v) is 2.87. The first-order valence-corrected chi connectivity index (χ1v) is 5.17. The average molecular weight is 252 g/mol. The van der Waals surface area contributed by atoms with E-state index in [1.807, 2.05) is 25.1 Å². The molecule has 0 aliphatic carbocycles. The van der Waals surface area contributed by atoms with E-state index in [9.17, 15) is 4.79 Å². The van der Waals surface area contributed by atoms with E-state index in [1.165, 1.54) is 0 Å². The lowest BCUT2D eigenvalue weighted by Crippen LogP contribution is -1.93. The number of nitrogens with one attached hydrogen (secondary N) is 1. The van der Waals surface area contributed by atoms with Gasteiger partial charge in [0.15, 0.2) is 5.78 Å². The molecule has 0 saturated carbocycles. The van der Waals surface area contributed by atoms with Gasteiger partial charge in [0.25, 0.3) is 0 Å². The van der Waals surface area contributed by atoms with Crippen molar-refractivity contribution in [2.75, 3.05) is 0 Å². The number of benzene rings is 1. The van der Waals surface area contributed by atoms with Crippen LogP contribution in [0.15, 0.2) is 22.7 Å². The van der Waals surface area contributed by atoms with Gasteiger partial charge >= 0.3 is 0 Å². The Morgan fingerprint density at radius 1 is 1.43 bits per heavy atom. The van der Waals surface area contributed by atoms with Crippen LogP contribution in [0.25, 0.3) is 10.9 Å². The van der Waals surface area contributed by atoms with Crippen LogP contribution in [0.4, 0.5) is 0 Å². The highest BCUT2D eigenvalue weighted by Gasteiger charge is 2.10. The standard InChI is InChI=1S/C11H10BrNO/c1-6-9-5-8(12)3-4-10(9)13-11(6)7(2)14/h3-5,13H,1-2H3. The molecule has 72 valence electrons. The molecule has 0 bridgehead atoms. The topological polar surface area (TPSA) is 32.9 Å². The molecule has 1 aromatic carbocycles. The van der Waals surface area contributed by atoms with Crippen molar-refractivity contribution in [3.63, 3.8) is 0 Å². The van der Waals surface area contributed by atoms with Crippen LogP contribution in [0, 0.1) is 6.92 Å². The molecule has 1 aromatic heterocycles. The van der Waals surface area contributed by atoms with Gasteiger partial charge in [0.05, 0.1) is 5.69 Å². The van der Waals surface area contributed by atoms with Gasteiger partial charge in [-0.05, 0) is 30.7 Å². The van der Waals surface area contributed by atoms with Gasteiger partial charge in [-0.25, -0.2) is 0 Å². The lowest BCUT2D eigenvalue weighted by atomic mass is 10.1. The molecule has 2 nitrogen and oxygen atoms in total. The number of H-pyrrole nitrogens is 1. The molecule has 0 spiro atoms. The lowest BCUT2D eigenvalue weighted by molar-refractivity contribution is 0.101. The van der Waals surface area contributed by atoms with Crippen molar-refractivity contribution in [1.29, 1.82) is 0 Å². The monoisotopic (exact) mass is 251 g/mol. The summed E-state index contributed by atoms with van der Waals surface area (Å²) in [5, 5.41) is 1.10. The molecule has 3 heteroatoms. The Balaban J connectivity index is 2.80. The Hall–Kier alpha value is -1.09. The molecule has 2 aromatic rings. The minimum Gasteiger partial charge on any atom is -0.352 e. The van der Waals surface area contributed by atoms with Crippen molar-refractivity contribution in [3.8, 4) is 0 Å². The van der Waals surface area contributed by atoms with E-state index >= 15 is 0 Å². The number of halogens is 1. The summed E-state index contributed by atoms with van der Waals surface area (Å²) in [6.45, 7) is 3.54. The predicted octanol–water partition coefficient (Wildman–Crippen LogP) is 3.44. The molecule has 0 amide bonds. The zero-order valence-electron chi connectivity index (χ0n) is 8.02. The van der Waals surface area contributed by atoms with Crippen molar-refractivity contribution in [2.45, 2.75) is 13.8 Å². The molecule has 0 unspecified atom stereocenters. The fourth-order valence-corrected chi connectivity index (χ4v) is 2.01. The summed E-state index contributed by atoms with van der Waals surface area (Å²) >= 11 is 3.41. The molecule has 1 N–H and O–H groups in total. The molecule has 0 atom stereocenters. The highest BCUT2D eigenvalue weighted by atomic mass is 79.9. The number of hydrogen-bond acceptors (Lipinski definition) is 1. The number of aromatic amines is 1. The first-order chi connectivity index (χ1) is 6.59. The molecule has 0 aliphatic rings. The second kappa shape index (κ2) is 3.24. The van der Waals surface area contributed by atoms with Crippen molar-refractivity contribution < 1.29 is 4.79 Å². The van der Waals surface area contributed by atoms with Crippen LogP contribution in [0.1, 0.15) is 23.0 Å². The third-order valence-electron chi connectivity index (χ3n) is 2.37. The minimum atomic E-state index is 0.0785. The predicted molar refractivity (Wildman–Crippen MR) is 60.7 cm³/mol. The molecule has 14 heavy (non-hydrogen) atoms. The quantitative estimate of drug-likeness (QED) is 0.775. The Morgan fingerprint density at radius 3 is 2.79 bits per heavy atom. The normalized spacial score (nSPS) is 10.8. The number of fused-ring (bicyclic) bond motifs is 1. The summed E-state index contributed by atoms with van der Waals surface area (Å²) in [6.07, 6.45) is 0. The second-order valence-corrected chi connectivity index (χ2v) is 4.29. The van der Waals surface area contributed by atoms with Gasteiger partial charge in [0.2, 0.25) is 0 Å². The molecule has 0 fully saturated rings. The Kier molecular flexibility index (Phi) is 2.19. The smallest absolute Gasteiger partial charge is 0.176 e. The highest BCUT2D eigenvalue weighted by molar-refractivity contribution is 9.10. The average Bonchev–Trinajstić information content (AvgIpc) is 2.44. The van der Waals surface area contributed by atoms with Gasteiger partial charge in [-0.15, -0.1) is 0 Å². The molecule has 1 heterocycles. The summed E-state index contributed by atoms with van der Waals surface area (Å²) in [5.41, 5.74) is 2.74. The van der Waals surface area contributed by atoms with E-state index in [-0.39, 0.29) is 5.78 Å². The van der Waals surface area contributed by atoms with Gasteiger partial charge in [0, 0.05) is 22.3 Å². The van der Waals surface area contributed by atoms with Crippen molar-refractivity contribution >= 4 is 32.6 Å². The molecular formula is C11H10BrNO. The number of hydrogen-bond donors (Lipinski definition) is 1. The largest absolute Gasteiger partial charge is 0.352 e. The van der Waals surface area contributed by atoms with E-state index in [4.69, 9.17) is 0 Å². The summed E-state index contributed by atoms with van der Waals surface area (Å²) < 4.78 is 1.03. The molecule has 0 radical (unpaired) electrons. The van der Waals surface area contributed by atoms with Gasteiger partial charge in [-0.3, -0.25) is 4.79 Å². The molecule has 0 aliphatic heterocycles. The molecular weight excluding hydrogens is 242 g/mol. The lowest BCUT2D eigenvalue weighted by Gasteiger charge is -1.92. The number of ketones is 1. The Labute approximate surface area is 90.4 Å². The number of carbonyl (C=O) groups excluding carboxylic acids is 1. The fourth-order valence-electron chi connectivity index (χ4n) is 1.65. The van der Waals surface area contributed by atoms with E-state index in [2.05, 4.69) is 20.9 Å². The maximum atomic E-state index is 11.3. The van der Waals surface area contributed by atoms with Gasteiger partial charge < -0.3 is 4.98 Å². The summed E-state index contributed by atoms with van der Waals surface area (Å²) in [6, 6.07) is 5.95. The van der Waals surface area contributed by atoms with Crippen LogP contribution >= 0.6 is 15.9 Å². The maximum Gasteiger partial charge on any atom is 0.176 e. The van der Waals surface area contributed by atoms with Crippen LogP contribution in [0.3, 0.4) is 0 Å². The van der Waals surface area contributed by atoms with Crippen LogP contribution in [0.5, 0.6) is 0 Å². The van der Waals surface area contributed by atoms with Gasteiger partial charge in [-0.1, -0.05) is 15.9 Å². The summed E-state index contributed by atoms with van der Waals surface area (Å²) in [4.78, 5) is 14.4. The van der Waals surface area contributed by atoms with E-state index in [1.54, 1.807) is 6.92 Å². The SMILES string of the molecule is CC(=O)c1[nH]c2ccc(Br)cc2c1C. The van der Waals surface area contributed by atoms with Crippen LogP contribution in [-0.2, 0) is 0 Å². The van der Waals surface area contributed by atoms with E-state index in [0.29, 0.717) is 5.69 Å². The first-order valence-electron chi connectivity index (χ1n) is 4.38. The van der Waals surface area contributed by atoms with Crippen molar-refractivity contribution in [3.05, 3.63) is 33.9 Å². The number of Topliss-reactive ketones (excluding diaryl/α,β-unsaturated/α-hetero) is 1. The zero-order valence-corrected chi connectivity index (χ0v) is 9.60. The number of rotatable bonds is 1. The molecule has 2 rings (SSSR count). The zero-order chi connectivity index (χ0) is 10.3. The first kappa shape index (κ1) is 9.46. The van der Waals surface area contributed by atoms with Gasteiger partial charge in [0.1, 0.15) is 0 Å². The summed E-state index contributed by atoms with van der Waals surface area (Å²) in [5.74, 6) is 0.0785. The number of carbonyl (C=O) groups is 1. The van der Waals surface area contributed by atoms with Crippen molar-refractivity contribution in [1.82, 2.24) is 4.98 Å². The number of aryl methyl sites for hydroxylation is 1. The Bertz CT molecular complexity index is 513. The third kappa shape index (κ3) is 1.38. The van der Waals surface area contributed by atoms with Crippen molar-refractivity contribution in [2.24, 2.45) is 0 Å². The molecule has 0 saturated heterocycles. The summed E-state index contributed by atoms with van der Waals surface area (Å²) in [7, 11) is 0. The van der Waals surface area contributed by atoms with E-state index < -0.39 is 0 Å². The van der Waals surface area contributed by atoms with Gasteiger partial charge in [-0.2, -0.15) is 0 Å². The highest BCUT2D eigenvalue weighted by Crippen LogP contribution is 2.25. The fraction of sp³-hybridized carbons (Fsp3) is 0.182. The second-order valence-electron chi connectivity index (χ2n) is 3.37. The number of aromatic nitrogens is 1. The minimum absolute atomic E-state index is 0.0785. The van der Waals surface area contributed by atoms with Crippen LogP contribution < -0.4 is 0 Å². The van der Waals surface area contributed by atoms with E-state index in [0.717, 1.165) is 20.9 Å². The Morgan fingerprint density at radius 2 is 2.14 bits per heavy atom. The van der Waals surface area contributed by atoms with Crippen LogP contribution in [-0.4, -0.2) is 10.8 Å². The van der Waals surface area contributed by atoms with Crippen LogP contribution in [0.2, 0.25) is 0 Å². The maximum absolute atomic E-state index is 11.3.